The van der Waals surface area contributed by atoms with Crippen LogP contribution in [0.3, 0.4) is 0 Å². The number of rotatable bonds is 81. The molecule has 0 aromatic heterocycles. The highest BCUT2D eigenvalue weighted by Gasteiger charge is 2.24. The van der Waals surface area contributed by atoms with Crippen LogP contribution in [0.5, 0.6) is 0 Å². The fourth-order valence-corrected chi connectivity index (χ4v) is 14.5. The molecule has 552 valence electrons. The number of aliphatic hydroxyl groups is 1. The van der Waals surface area contributed by atoms with Gasteiger partial charge in [0, 0.05) is 6.42 Å². The third-order valence-corrected chi connectivity index (χ3v) is 21.3. The van der Waals surface area contributed by atoms with Crippen LogP contribution in [0.15, 0.2) is 0 Å². The summed E-state index contributed by atoms with van der Waals surface area (Å²) in [6, 6.07) is -0.798. The average Bonchev–Trinajstić information content (AvgIpc) is 2.66. The van der Waals surface area contributed by atoms with Crippen LogP contribution in [0.1, 0.15) is 476 Å². The quantitative estimate of drug-likeness (QED) is 0.0357. The predicted molar refractivity (Wildman–Crippen MR) is 404 cm³/mol. The molecule has 0 bridgehead atoms. The normalized spacial score (nSPS) is 13.3. The van der Waals surface area contributed by atoms with Crippen molar-refractivity contribution in [3.63, 3.8) is 0 Å². The van der Waals surface area contributed by atoms with Gasteiger partial charge in [-0.15, -0.1) is 0 Å². The summed E-state index contributed by atoms with van der Waals surface area (Å²) in [5, 5.41) is 14.2. The van der Waals surface area contributed by atoms with E-state index in [-0.39, 0.29) is 19.1 Å². The van der Waals surface area contributed by atoms with Gasteiger partial charge < -0.3 is 28.8 Å². The zero-order valence-corrected chi connectivity index (χ0v) is 64.5. The number of quaternary nitrogens is 1. The van der Waals surface area contributed by atoms with E-state index in [4.69, 9.17) is 9.05 Å². The molecule has 3 unspecified atom stereocenters. The number of hydrogen-bond donors (Lipinski definition) is 2. The minimum absolute atomic E-state index is 0.0172. The molecule has 0 aromatic rings. The van der Waals surface area contributed by atoms with Gasteiger partial charge in [-0.05, 0) is 12.8 Å². The third kappa shape index (κ3) is 76.9. The second-order valence-corrected chi connectivity index (χ2v) is 32.3. The van der Waals surface area contributed by atoms with Crippen molar-refractivity contribution in [1.29, 1.82) is 0 Å². The van der Waals surface area contributed by atoms with Crippen molar-refractivity contribution in [2.45, 2.75) is 488 Å². The monoisotopic (exact) mass is 1320 g/mol. The maximum atomic E-state index is 13.1. The van der Waals surface area contributed by atoms with E-state index in [1.54, 1.807) is 0 Å². The second kappa shape index (κ2) is 74.7. The van der Waals surface area contributed by atoms with Gasteiger partial charge in [-0.25, -0.2) is 0 Å². The molecule has 1 amide bonds. The van der Waals surface area contributed by atoms with E-state index in [2.05, 4.69) is 19.2 Å². The number of carbonyl (C=O) groups is 1. The Kier molecular flexibility index (Phi) is 74.3. The first-order valence-electron chi connectivity index (χ1n) is 42.4. The molecule has 0 aliphatic heterocycles. The number of phosphoric ester groups is 1. The van der Waals surface area contributed by atoms with Crippen LogP contribution in [0.4, 0.5) is 0 Å². The van der Waals surface area contributed by atoms with Gasteiger partial charge in [0.15, 0.2) is 0 Å². The number of hydrogen-bond acceptors (Lipinski definition) is 6. The molecule has 0 heterocycles. The van der Waals surface area contributed by atoms with Gasteiger partial charge in [0.05, 0.1) is 39.9 Å². The van der Waals surface area contributed by atoms with Crippen molar-refractivity contribution < 1.29 is 32.9 Å². The average molecular weight is 1320 g/mol. The summed E-state index contributed by atoms with van der Waals surface area (Å²) >= 11 is 0. The first kappa shape index (κ1) is 91.5. The van der Waals surface area contributed by atoms with Crippen LogP contribution in [0.2, 0.25) is 0 Å². The maximum Gasteiger partial charge on any atom is 0.268 e. The Hall–Kier alpha value is -0.500. The summed E-state index contributed by atoms with van der Waals surface area (Å²) in [7, 11) is 1.34. The van der Waals surface area contributed by atoms with Crippen molar-refractivity contribution >= 4 is 13.7 Å². The van der Waals surface area contributed by atoms with E-state index in [0.29, 0.717) is 23.9 Å². The highest BCUT2D eigenvalue weighted by Crippen LogP contribution is 2.38. The van der Waals surface area contributed by atoms with Crippen LogP contribution in [-0.4, -0.2) is 68.5 Å². The predicted octanol–water partition coefficient (Wildman–Crippen LogP) is 27.2. The zero-order valence-electron chi connectivity index (χ0n) is 63.6. The van der Waals surface area contributed by atoms with Crippen LogP contribution < -0.4 is 10.2 Å². The molecule has 0 fully saturated rings. The molecule has 8 nitrogen and oxygen atoms in total. The lowest BCUT2D eigenvalue weighted by Crippen LogP contribution is -2.46. The van der Waals surface area contributed by atoms with Gasteiger partial charge in [0.25, 0.3) is 7.82 Å². The van der Waals surface area contributed by atoms with Crippen LogP contribution in [0, 0.1) is 0 Å². The standard InChI is InChI=1S/C83H169N2O6P/c1-6-8-10-12-14-16-18-20-22-24-26-28-30-32-34-36-38-40-41-42-43-44-45-47-49-51-53-55-57-59-61-63-65-67-69-71-73-75-77-83(87)84-81(80-91-92(88,89)90-79-78-85(3,4)5)82(86)76-74-72-70-68-66-64-62-60-58-56-54-52-50-48-46-39-37-35-33-31-29-27-25-23-21-19-17-15-13-11-9-7-2/h81-82,86H,6-80H2,1-5H3,(H-,84,87,88,89). The second-order valence-electron chi connectivity index (χ2n) is 30.9. The SMILES string of the molecule is CCCCCCCCCCCCCCCCCCCCCCCCCCCCCCCCCCCCCCCCC(=O)NC(COP(=O)([O-])OCC[N+](C)(C)C)C(O)CCCCCCCCCCCCCCCCCCCCCCCCCCCCCCCCCC. The van der Waals surface area contributed by atoms with Gasteiger partial charge >= 0.3 is 0 Å². The molecule has 0 aliphatic carbocycles. The molecule has 0 aromatic carbocycles. The summed E-state index contributed by atoms with van der Waals surface area (Å²) in [6.07, 6.45) is 96.9. The Labute approximate surface area is 578 Å². The van der Waals surface area contributed by atoms with Gasteiger partial charge in [0.2, 0.25) is 5.91 Å². The number of unbranched alkanes of at least 4 members (excludes halogenated alkanes) is 68. The Bertz CT molecular complexity index is 1460. The molecule has 0 saturated carbocycles. The van der Waals surface area contributed by atoms with E-state index in [1.165, 1.54) is 411 Å². The molecule has 9 heteroatoms. The number of amides is 1. The molecule has 92 heavy (non-hydrogen) atoms. The third-order valence-electron chi connectivity index (χ3n) is 20.3. The smallest absolute Gasteiger partial charge is 0.268 e. The summed E-state index contributed by atoms with van der Waals surface area (Å²) in [5.41, 5.74) is 0. The van der Waals surface area contributed by atoms with Crippen molar-refractivity contribution in [1.82, 2.24) is 5.32 Å². The van der Waals surface area contributed by atoms with E-state index >= 15 is 0 Å². The molecule has 0 spiro atoms. The molecule has 0 radical (unpaired) electrons. The number of nitrogens with zero attached hydrogens (tertiary/aromatic N) is 1. The number of aliphatic hydroxyl groups excluding tert-OH is 1. The van der Waals surface area contributed by atoms with Crippen molar-refractivity contribution in [3.8, 4) is 0 Å². The Morgan fingerprint density at radius 3 is 0.739 bits per heavy atom. The summed E-state index contributed by atoms with van der Waals surface area (Å²) < 4.78 is 23.6. The minimum atomic E-state index is -4.58. The first-order valence-corrected chi connectivity index (χ1v) is 43.8. The van der Waals surface area contributed by atoms with Gasteiger partial charge in [-0.3, -0.25) is 9.36 Å². The summed E-state index contributed by atoms with van der Waals surface area (Å²) in [4.78, 5) is 25.8. The van der Waals surface area contributed by atoms with E-state index in [0.717, 1.165) is 38.5 Å². The minimum Gasteiger partial charge on any atom is -0.756 e. The van der Waals surface area contributed by atoms with Crippen LogP contribution in [0.25, 0.3) is 0 Å². The van der Waals surface area contributed by atoms with Gasteiger partial charge in [-0.2, -0.15) is 0 Å². The molecule has 3 atom stereocenters. The summed E-state index contributed by atoms with van der Waals surface area (Å²) in [5.74, 6) is -0.151. The lowest BCUT2D eigenvalue weighted by atomic mass is 10.0. The Balaban J connectivity index is 3.85. The summed E-state index contributed by atoms with van der Waals surface area (Å²) in [6.45, 7) is 4.82. The van der Waals surface area contributed by atoms with E-state index < -0.39 is 20.0 Å². The molecule has 0 saturated heterocycles. The Morgan fingerprint density at radius 1 is 0.337 bits per heavy atom. The van der Waals surface area contributed by atoms with Crippen molar-refractivity contribution in [2.75, 3.05) is 40.9 Å². The van der Waals surface area contributed by atoms with E-state index in [1.807, 2.05) is 21.1 Å². The molecule has 2 N–H and O–H groups in total. The number of nitrogens with one attached hydrogen (secondary N) is 1. The van der Waals surface area contributed by atoms with Crippen molar-refractivity contribution in [2.24, 2.45) is 0 Å². The van der Waals surface area contributed by atoms with Crippen LogP contribution in [-0.2, 0) is 18.4 Å². The highest BCUT2D eigenvalue weighted by atomic mass is 31.2. The Morgan fingerprint density at radius 2 is 0.533 bits per heavy atom. The van der Waals surface area contributed by atoms with Crippen LogP contribution >= 0.6 is 7.82 Å². The fraction of sp³-hybridized carbons (Fsp3) is 0.988. The first-order chi connectivity index (χ1) is 45.0. The topological polar surface area (TPSA) is 108 Å². The largest absolute Gasteiger partial charge is 0.756 e. The maximum absolute atomic E-state index is 13.1. The number of carbonyl (C=O) groups excluding carboxylic acids is 1. The molecule has 0 aliphatic rings. The van der Waals surface area contributed by atoms with Gasteiger partial charge in [0.1, 0.15) is 13.2 Å². The zero-order chi connectivity index (χ0) is 66.9. The van der Waals surface area contributed by atoms with Crippen molar-refractivity contribution in [3.05, 3.63) is 0 Å². The van der Waals surface area contributed by atoms with E-state index in [9.17, 15) is 19.4 Å². The highest BCUT2D eigenvalue weighted by molar-refractivity contribution is 7.45. The number of likely N-dealkylation sites (N-methyl/N-ethyl adjacent to an activating group) is 1. The number of phosphoric acid groups is 1. The lowest BCUT2D eigenvalue weighted by molar-refractivity contribution is -0.870. The molecular weight excluding hydrogens is 1150 g/mol. The lowest BCUT2D eigenvalue weighted by Gasteiger charge is -2.30. The van der Waals surface area contributed by atoms with Gasteiger partial charge in [-0.1, -0.05) is 457 Å². The molecule has 0 rings (SSSR count). The fourth-order valence-electron chi connectivity index (χ4n) is 13.8. The molecular formula is C83H169N2O6P.